The average Bonchev–Trinajstić information content (AvgIpc) is 3.38. The number of rotatable bonds is 5. The van der Waals surface area contributed by atoms with Crippen molar-refractivity contribution in [2.45, 2.75) is 20.8 Å². The molecule has 0 saturated carbocycles. The molecular formula is C24H21FN8. The minimum Gasteiger partial charge on any atom is -0.324 e. The van der Waals surface area contributed by atoms with Gasteiger partial charge < -0.3 is 5.32 Å². The fourth-order valence-electron chi connectivity index (χ4n) is 3.70. The van der Waals surface area contributed by atoms with E-state index in [2.05, 4.69) is 35.6 Å². The van der Waals surface area contributed by atoms with Crippen molar-refractivity contribution < 1.29 is 4.39 Å². The molecule has 2 N–H and O–H groups in total. The third-order valence-corrected chi connectivity index (χ3v) is 5.23. The molecule has 0 bridgehead atoms. The van der Waals surface area contributed by atoms with E-state index in [1.807, 2.05) is 51.1 Å². The van der Waals surface area contributed by atoms with Crippen LogP contribution >= 0.6 is 0 Å². The molecule has 0 aliphatic heterocycles. The number of benzene rings is 2. The predicted octanol–water partition coefficient (Wildman–Crippen LogP) is 4.92. The van der Waals surface area contributed by atoms with Gasteiger partial charge in [-0.05, 0) is 74.9 Å². The van der Waals surface area contributed by atoms with Crippen molar-refractivity contribution in [3.8, 4) is 28.1 Å². The summed E-state index contributed by atoms with van der Waals surface area (Å²) >= 11 is 0. The smallest absolute Gasteiger partial charge is 0.227 e. The van der Waals surface area contributed by atoms with E-state index in [0.29, 0.717) is 17.2 Å². The number of hydrogen-bond acceptors (Lipinski definition) is 6. The molecule has 5 rings (SSSR count). The van der Waals surface area contributed by atoms with E-state index in [4.69, 9.17) is 0 Å². The Balaban J connectivity index is 1.41. The van der Waals surface area contributed by atoms with Crippen molar-refractivity contribution >= 4 is 11.6 Å². The van der Waals surface area contributed by atoms with Crippen LogP contribution in [-0.4, -0.2) is 34.9 Å². The summed E-state index contributed by atoms with van der Waals surface area (Å²) in [4.78, 5) is 13.2. The van der Waals surface area contributed by atoms with E-state index >= 15 is 0 Å². The van der Waals surface area contributed by atoms with Gasteiger partial charge in [-0.2, -0.15) is 10.2 Å². The Morgan fingerprint density at radius 3 is 2.42 bits per heavy atom. The molecule has 0 radical (unpaired) electrons. The highest BCUT2D eigenvalue weighted by molar-refractivity contribution is 5.73. The van der Waals surface area contributed by atoms with Gasteiger partial charge in [0.25, 0.3) is 0 Å². The lowest BCUT2D eigenvalue weighted by Gasteiger charge is -2.09. The maximum atomic E-state index is 14.4. The number of hydrogen-bond donors (Lipinski definition) is 2. The zero-order chi connectivity index (χ0) is 22.9. The van der Waals surface area contributed by atoms with Crippen LogP contribution in [0.1, 0.15) is 17.3 Å². The molecule has 0 unspecified atom stereocenters. The summed E-state index contributed by atoms with van der Waals surface area (Å²) in [5, 5.41) is 14.5. The molecule has 0 aliphatic carbocycles. The summed E-state index contributed by atoms with van der Waals surface area (Å²) in [6, 6.07) is 14.3. The zero-order valence-corrected chi connectivity index (χ0v) is 18.3. The molecule has 5 aromatic rings. The zero-order valence-electron chi connectivity index (χ0n) is 18.3. The first-order valence-corrected chi connectivity index (χ1v) is 10.4. The topological polar surface area (TPSA) is 97.2 Å². The van der Waals surface area contributed by atoms with E-state index < -0.39 is 0 Å². The molecule has 0 spiro atoms. The lowest BCUT2D eigenvalue weighted by molar-refractivity contribution is 0.629. The Morgan fingerprint density at radius 1 is 0.939 bits per heavy atom. The van der Waals surface area contributed by atoms with Crippen LogP contribution in [0.25, 0.3) is 28.1 Å². The summed E-state index contributed by atoms with van der Waals surface area (Å²) in [5.74, 6) is 1.62. The van der Waals surface area contributed by atoms with Gasteiger partial charge in [-0.15, -0.1) is 0 Å². The number of aromatic amines is 1. The van der Waals surface area contributed by atoms with Gasteiger partial charge in [-0.1, -0.05) is 0 Å². The molecule has 164 valence electrons. The molecule has 8 nitrogen and oxygen atoms in total. The van der Waals surface area contributed by atoms with Crippen molar-refractivity contribution in [1.29, 1.82) is 0 Å². The number of nitrogens with zero attached hydrogens (tertiary/aromatic N) is 6. The predicted molar refractivity (Wildman–Crippen MR) is 124 cm³/mol. The van der Waals surface area contributed by atoms with Crippen LogP contribution in [0, 0.1) is 26.6 Å². The van der Waals surface area contributed by atoms with Crippen LogP contribution in [0.4, 0.5) is 16.0 Å². The monoisotopic (exact) mass is 440 g/mol. The van der Waals surface area contributed by atoms with Crippen LogP contribution in [0.3, 0.4) is 0 Å². The van der Waals surface area contributed by atoms with E-state index in [9.17, 15) is 4.39 Å². The normalized spacial score (nSPS) is 11.0. The summed E-state index contributed by atoms with van der Waals surface area (Å²) in [6.45, 7) is 5.68. The molecule has 0 aliphatic rings. The number of anilines is 2. The second-order valence-corrected chi connectivity index (χ2v) is 7.69. The molecule has 33 heavy (non-hydrogen) atoms. The second-order valence-electron chi connectivity index (χ2n) is 7.69. The van der Waals surface area contributed by atoms with Gasteiger partial charge in [0.2, 0.25) is 5.95 Å². The highest BCUT2D eigenvalue weighted by Gasteiger charge is 2.11. The lowest BCUT2D eigenvalue weighted by Crippen LogP contribution is -2.01. The maximum absolute atomic E-state index is 14.4. The number of aromatic nitrogens is 7. The minimum atomic E-state index is -0.342. The highest BCUT2D eigenvalue weighted by atomic mass is 19.1. The molecule has 9 heteroatoms. The fraction of sp³-hybridized carbons (Fsp3) is 0.125. The first-order chi connectivity index (χ1) is 16.0. The lowest BCUT2D eigenvalue weighted by atomic mass is 10.0. The minimum absolute atomic E-state index is 0.342. The van der Waals surface area contributed by atoms with Crippen LogP contribution in [0.2, 0.25) is 0 Å². The van der Waals surface area contributed by atoms with Crippen molar-refractivity contribution in [3.05, 3.63) is 84.1 Å². The van der Waals surface area contributed by atoms with Crippen LogP contribution in [0.15, 0.2) is 60.9 Å². The molecule has 0 saturated heterocycles. The maximum Gasteiger partial charge on any atom is 0.227 e. The van der Waals surface area contributed by atoms with Crippen molar-refractivity contribution in [2.24, 2.45) is 0 Å². The Morgan fingerprint density at radius 2 is 1.73 bits per heavy atom. The molecule has 3 aromatic heterocycles. The van der Waals surface area contributed by atoms with Gasteiger partial charge in [-0.25, -0.2) is 24.0 Å². The van der Waals surface area contributed by atoms with Gasteiger partial charge in [0.15, 0.2) is 0 Å². The third-order valence-electron chi connectivity index (χ3n) is 5.23. The summed E-state index contributed by atoms with van der Waals surface area (Å²) in [6.07, 6.45) is 3.33. The average molecular weight is 440 g/mol. The van der Waals surface area contributed by atoms with E-state index in [1.165, 1.54) is 12.1 Å². The highest BCUT2D eigenvalue weighted by Crippen LogP contribution is 2.28. The van der Waals surface area contributed by atoms with E-state index in [-0.39, 0.29) is 5.82 Å². The second kappa shape index (κ2) is 8.27. The summed E-state index contributed by atoms with van der Waals surface area (Å²) in [7, 11) is 0. The molecule has 0 amide bonds. The number of aryl methyl sites for hydroxylation is 3. The van der Waals surface area contributed by atoms with Crippen LogP contribution in [-0.2, 0) is 0 Å². The van der Waals surface area contributed by atoms with E-state index in [1.54, 1.807) is 23.1 Å². The largest absolute Gasteiger partial charge is 0.324 e. The molecular weight excluding hydrogens is 419 g/mol. The summed E-state index contributed by atoms with van der Waals surface area (Å²) in [5.41, 5.74) is 5.45. The SMILES string of the molecule is Cc1nc(C)n(-c2ccc(Nc3nccc(-c4cc(F)cc(-c5cn[nH]c5C)c4)n3)cc2)n1. The van der Waals surface area contributed by atoms with Crippen LogP contribution in [0.5, 0.6) is 0 Å². The fourth-order valence-corrected chi connectivity index (χ4v) is 3.70. The quantitative estimate of drug-likeness (QED) is 0.403. The molecule has 0 fully saturated rings. The van der Waals surface area contributed by atoms with Gasteiger partial charge in [0, 0.05) is 28.7 Å². The standard InChI is InChI=1S/C24H21FN8/c1-14-22(13-27-31-14)17-10-18(12-19(25)11-17)23-8-9-26-24(30-23)29-20-4-6-21(7-5-20)33-16(3)28-15(2)32-33/h4-13H,1-3H3,(H,27,31)(H,26,29,30). The van der Waals surface area contributed by atoms with Crippen molar-refractivity contribution in [3.63, 3.8) is 0 Å². The molecule has 0 atom stereocenters. The first-order valence-electron chi connectivity index (χ1n) is 10.4. The van der Waals surface area contributed by atoms with Crippen LogP contribution < -0.4 is 5.32 Å². The number of H-pyrrole nitrogens is 1. The Labute approximate surface area is 189 Å². The molecule has 2 aromatic carbocycles. The first kappa shape index (κ1) is 20.5. The Bertz CT molecular complexity index is 1440. The Hall–Kier alpha value is -4.40. The van der Waals surface area contributed by atoms with Gasteiger partial charge >= 0.3 is 0 Å². The summed E-state index contributed by atoms with van der Waals surface area (Å²) < 4.78 is 16.2. The van der Waals surface area contributed by atoms with Gasteiger partial charge in [-0.3, -0.25) is 5.10 Å². The van der Waals surface area contributed by atoms with Gasteiger partial charge in [0.1, 0.15) is 17.5 Å². The Kier molecular flexibility index (Phi) is 5.14. The number of halogens is 1. The third kappa shape index (κ3) is 4.20. The van der Waals surface area contributed by atoms with E-state index in [0.717, 1.165) is 39.8 Å². The number of nitrogens with one attached hydrogen (secondary N) is 2. The molecule has 3 heterocycles. The van der Waals surface area contributed by atoms with Gasteiger partial charge in [0.05, 0.1) is 17.6 Å². The van der Waals surface area contributed by atoms with Crippen molar-refractivity contribution in [2.75, 3.05) is 5.32 Å². The van der Waals surface area contributed by atoms with Crippen molar-refractivity contribution in [1.82, 2.24) is 34.9 Å².